The molecule has 2 aromatic carbocycles. The van der Waals surface area contributed by atoms with Gasteiger partial charge in [-0.2, -0.15) is 0 Å². The first kappa shape index (κ1) is 13.5. The molecule has 0 bridgehead atoms. The van der Waals surface area contributed by atoms with Gasteiger partial charge in [-0.05, 0) is 24.3 Å². The van der Waals surface area contributed by atoms with Gasteiger partial charge < -0.3 is 11.1 Å². The third kappa shape index (κ3) is 2.72. The molecule has 0 aliphatic rings. The summed E-state index contributed by atoms with van der Waals surface area (Å²) in [4.78, 5) is 22.0. The van der Waals surface area contributed by atoms with E-state index in [1.165, 1.54) is 18.2 Å². The number of nitrogens with zero attached hydrogens (tertiary/aromatic N) is 1. The summed E-state index contributed by atoms with van der Waals surface area (Å²) in [6.45, 7) is 0. The maximum Gasteiger partial charge on any atom is 0.295 e. The van der Waals surface area contributed by atoms with Crippen LogP contribution in [0.1, 0.15) is 10.4 Å². The van der Waals surface area contributed by atoms with E-state index in [1.54, 1.807) is 12.1 Å². The van der Waals surface area contributed by atoms with Gasteiger partial charge in [0, 0.05) is 17.3 Å². The normalized spacial score (nSPS) is 10.1. The zero-order valence-corrected chi connectivity index (χ0v) is 10.2. The number of rotatable bonds is 3. The molecule has 102 valence electrons. The Labute approximate surface area is 113 Å². The molecule has 2 aromatic rings. The molecule has 6 nitrogen and oxygen atoms in total. The van der Waals surface area contributed by atoms with E-state index in [2.05, 4.69) is 5.32 Å². The molecule has 0 aliphatic carbocycles. The van der Waals surface area contributed by atoms with Crippen LogP contribution < -0.4 is 11.1 Å². The van der Waals surface area contributed by atoms with Crippen molar-refractivity contribution >= 4 is 23.0 Å². The number of carbonyl (C=O) groups is 1. The number of carbonyl (C=O) groups excluding carboxylic acids is 1. The summed E-state index contributed by atoms with van der Waals surface area (Å²) in [5.74, 6) is -1.55. The van der Waals surface area contributed by atoms with Crippen molar-refractivity contribution in [1.29, 1.82) is 0 Å². The number of nitrogen functional groups attached to an aromatic ring is 1. The number of nitro benzene ring substituents is 1. The summed E-state index contributed by atoms with van der Waals surface area (Å²) in [6.07, 6.45) is 0. The molecule has 0 saturated heterocycles. The van der Waals surface area contributed by atoms with Gasteiger partial charge in [0.2, 0.25) is 0 Å². The first-order chi connectivity index (χ1) is 9.49. The maximum absolute atomic E-state index is 13.6. The van der Waals surface area contributed by atoms with Crippen molar-refractivity contribution in [2.24, 2.45) is 0 Å². The lowest BCUT2D eigenvalue weighted by Gasteiger charge is -2.07. The van der Waals surface area contributed by atoms with Gasteiger partial charge >= 0.3 is 0 Å². The minimum atomic E-state index is -0.878. The highest BCUT2D eigenvalue weighted by Crippen LogP contribution is 2.27. The molecule has 3 N–H and O–H groups in total. The van der Waals surface area contributed by atoms with Crippen molar-refractivity contribution in [1.82, 2.24) is 0 Å². The Morgan fingerprint density at radius 1 is 1.25 bits per heavy atom. The van der Waals surface area contributed by atoms with Crippen molar-refractivity contribution in [2.45, 2.75) is 0 Å². The van der Waals surface area contributed by atoms with Crippen LogP contribution in [0.25, 0.3) is 0 Å². The zero-order chi connectivity index (χ0) is 14.7. The van der Waals surface area contributed by atoms with Crippen LogP contribution in [-0.2, 0) is 0 Å². The van der Waals surface area contributed by atoms with Gasteiger partial charge in [-0.3, -0.25) is 14.9 Å². The molecule has 0 aliphatic heterocycles. The number of nitrogens with one attached hydrogen (secondary N) is 1. The van der Waals surface area contributed by atoms with Gasteiger partial charge in [-0.15, -0.1) is 0 Å². The van der Waals surface area contributed by atoms with Gasteiger partial charge in [0.1, 0.15) is 0 Å². The van der Waals surface area contributed by atoms with Crippen LogP contribution in [0.2, 0.25) is 0 Å². The summed E-state index contributed by atoms with van der Waals surface area (Å²) in [7, 11) is 0. The lowest BCUT2D eigenvalue weighted by molar-refractivity contribution is -0.384. The summed E-state index contributed by atoms with van der Waals surface area (Å²) < 4.78 is 13.6. The Kier molecular flexibility index (Phi) is 3.60. The number of benzene rings is 2. The van der Waals surface area contributed by atoms with Crippen molar-refractivity contribution in [3.63, 3.8) is 0 Å². The molecule has 0 spiro atoms. The minimum absolute atomic E-state index is 0.183. The molecule has 20 heavy (non-hydrogen) atoms. The van der Waals surface area contributed by atoms with E-state index in [0.717, 1.165) is 12.1 Å². The number of anilines is 2. The number of hydrogen-bond acceptors (Lipinski definition) is 4. The van der Waals surface area contributed by atoms with E-state index < -0.39 is 28.0 Å². The molecule has 0 radical (unpaired) electrons. The second-order valence-electron chi connectivity index (χ2n) is 3.97. The van der Waals surface area contributed by atoms with Crippen LogP contribution in [0.5, 0.6) is 0 Å². The first-order valence-electron chi connectivity index (χ1n) is 5.59. The lowest BCUT2D eigenvalue weighted by atomic mass is 10.2. The Morgan fingerprint density at radius 2 is 1.95 bits per heavy atom. The fourth-order valence-electron chi connectivity index (χ4n) is 1.65. The molecule has 0 saturated carbocycles. The highest BCUT2D eigenvalue weighted by Gasteiger charge is 2.20. The van der Waals surface area contributed by atoms with Crippen LogP contribution >= 0.6 is 0 Å². The van der Waals surface area contributed by atoms with E-state index in [0.29, 0.717) is 5.69 Å². The SMILES string of the molecule is Nc1cccc(C(=O)Nc2c(F)cccc2[N+](=O)[O-])c1. The van der Waals surface area contributed by atoms with Crippen LogP contribution in [-0.4, -0.2) is 10.8 Å². The first-order valence-corrected chi connectivity index (χ1v) is 5.59. The molecule has 0 unspecified atom stereocenters. The van der Waals surface area contributed by atoms with E-state index in [4.69, 9.17) is 5.73 Å². The molecule has 0 atom stereocenters. The standard InChI is InChI=1S/C13H10FN3O3/c14-10-5-2-6-11(17(19)20)12(10)16-13(18)8-3-1-4-9(15)7-8/h1-7H,15H2,(H,16,18). The van der Waals surface area contributed by atoms with Gasteiger partial charge in [-0.25, -0.2) is 4.39 Å². The van der Waals surface area contributed by atoms with Crippen molar-refractivity contribution in [3.05, 3.63) is 64.0 Å². The molecule has 0 fully saturated rings. The van der Waals surface area contributed by atoms with Gasteiger partial charge in [0.15, 0.2) is 11.5 Å². The topological polar surface area (TPSA) is 98.3 Å². The van der Waals surface area contributed by atoms with Gasteiger partial charge in [0.05, 0.1) is 4.92 Å². The number of hydrogen-bond donors (Lipinski definition) is 2. The smallest absolute Gasteiger partial charge is 0.295 e. The molecule has 0 heterocycles. The predicted molar refractivity (Wildman–Crippen MR) is 71.9 cm³/mol. The Morgan fingerprint density at radius 3 is 2.60 bits per heavy atom. The molecular formula is C13H10FN3O3. The summed E-state index contributed by atoms with van der Waals surface area (Å²) in [5.41, 5.74) is 5.10. The monoisotopic (exact) mass is 275 g/mol. The largest absolute Gasteiger partial charge is 0.399 e. The van der Waals surface area contributed by atoms with Crippen LogP contribution in [0.4, 0.5) is 21.5 Å². The summed E-state index contributed by atoms with van der Waals surface area (Å²) in [6, 6.07) is 9.34. The van der Waals surface area contributed by atoms with E-state index in [9.17, 15) is 19.3 Å². The van der Waals surface area contributed by atoms with E-state index in [-0.39, 0.29) is 5.56 Å². The van der Waals surface area contributed by atoms with Crippen LogP contribution in [0, 0.1) is 15.9 Å². The zero-order valence-electron chi connectivity index (χ0n) is 10.2. The third-order valence-electron chi connectivity index (χ3n) is 2.58. The van der Waals surface area contributed by atoms with Crippen molar-refractivity contribution in [2.75, 3.05) is 11.1 Å². The quantitative estimate of drug-likeness (QED) is 0.511. The number of nitrogens with two attached hydrogens (primary N) is 1. The van der Waals surface area contributed by atoms with Crippen molar-refractivity contribution < 1.29 is 14.1 Å². The van der Waals surface area contributed by atoms with Gasteiger partial charge in [-0.1, -0.05) is 12.1 Å². The lowest BCUT2D eigenvalue weighted by Crippen LogP contribution is -2.14. The molecule has 0 aromatic heterocycles. The predicted octanol–water partition coefficient (Wildman–Crippen LogP) is 2.57. The Balaban J connectivity index is 2.35. The van der Waals surface area contributed by atoms with E-state index in [1.807, 2.05) is 0 Å². The Bertz CT molecular complexity index is 688. The molecule has 1 amide bonds. The average Bonchev–Trinajstić information content (AvgIpc) is 2.40. The summed E-state index contributed by atoms with van der Waals surface area (Å²) >= 11 is 0. The van der Waals surface area contributed by atoms with Crippen molar-refractivity contribution in [3.8, 4) is 0 Å². The third-order valence-corrected chi connectivity index (χ3v) is 2.58. The molecule has 2 rings (SSSR count). The number of nitro groups is 1. The highest BCUT2D eigenvalue weighted by molar-refractivity contribution is 6.05. The maximum atomic E-state index is 13.6. The second kappa shape index (κ2) is 5.35. The number of halogens is 1. The average molecular weight is 275 g/mol. The second-order valence-corrected chi connectivity index (χ2v) is 3.97. The fraction of sp³-hybridized carbons (Fsp3) is 0. The highest BCUT2D eigenvalue weighted by atomic mass is 19.1. The Hall–Kier alpha value is -2.96. The van der Waals surface area contributed by atoms with E-state index >= 15 is 0 Å². The fourth-order valence-corrected chi connectivity index (χ4v) is 1.65. The van der Waals surface area contributed by atoms with Crippen LogP contribution in [0.3, 0.4) is 0 Å². The summed E-state index contributed by atoms with van der Waals surface area (Å²) in [5, 5.41) is 13.0. The number of para-hydroxylation sites is 1. The minimum Gasteiger partial charge on any atom is -0.399 e. The molecule has 7 heteroatoms. The van der Waals surface area contributed by atoms with Crippen LogP contribution in [0.15, 0.2) is 42.5 Å². The van der Waals surface area contributed by atoms with Gasteiger partial charge in [0.25, 0.3) is 11.6 Å². The molecular weight excluding hydrogens is 265 g/mol. The number of amides is 1.